The van der Waals surface area contributed by atoms with Crippen molar-refractivity contribution in [1.29, 1.82) is 0 Å². The molecule has 2 aliphatic rings. The van der Waals surface area contributed by atoms with Gasteiger partial charge in [0.1, 0.15) is 11.6 Å². The average Bonchev–Trinajstić information content (AvgIpc) is 2.73. The topological polar surface area (TPSA) is 87.7 Å². The summed E-state index contributed by atoms with van der Waals surface area (Å²) in [5, 5.41) is 3.34. The second-order valence-corrected chi connectivity index (χ2v) is 9.68. The maximum atomic E-state index is 13.6. The van der Waals surface area contributed by atoms with Crippen LogP contribution in [-0.4, -0.2) is 61.6 Å². The Kier molecular flexibility index (Phi) is 5.90. The molecule has 162 valence electrons. The first kappa shape index (κ1) is 21.0. The molecule has 0 amide bonds. The van der Waals surface area contributed by atoms with Crippen LogP contribution in [0.25, 0.3) is 0 Å². The van der Waals surface area contributed by atoms with E-state index in [1.54, 1.807) is 0 Å². The van der Waals surface area contributed by atoms with Gasteiger partial charge in [0.2, 0.25) is 16.0 Å². The zero-order valence-corrected chi connectivity index (χ0v) is 18.0. The third-order valence-corrected chi connectivity index (χ3v) is 7.01. The lowest BCUT2D eigenvalue weighted by atomic mass is 10.1. The molecule has 3 heterocycles. The number of aromatic nitrogens is 2. The van der Waals surface area contributed by atoms with Gasteiger partial charge in [0.05, 0.1) is 23.8 Å². The van der Waals surface area contributed by atoms with Crippen molar-refractivity contribution in [3.63, 3.8) is 0 Å². The largest absolute Gasteiger partial charge is 0.378 e. The van der Waals surface area contributed by atoms with Crippen molar-refractivity contribution < 1.29 is 17.5 Å². The Hall–Kier alpha value is -2.30. The second kappa shape index (κ2) is 8.44. The number of hydrogen-bond acceptors (Lipinski definition) is 7. The van der Waals surface area contributed by atoms with Gasteiger partial charge in [-0.3, -0.25) is 0 Å². The Morgan fingerprint density at radius 1 is 1.17 bits per heavy atom. The van der Waals surface area contributed by atoms with Crippen LogP contribution in [0.15, 0.2) is 29.2 Å². The van der Waals surface area contributed by atoms with Crippen molar-refractivity contribution in [3.8, 4) is 0 Å². The van der Waals surface area contributed by atoms with Gasteiger partial charge in [-0.05, 0) is 32.0 Å². The lowest BCUT2D eigenvalue weighted by molar-refractivity contribution is 0.122. The van der Waals surface area contributed by atoms with Crippen LogP contribution in [-0.2, 0) is 27.7 Å². The first-order valence-electron chi connectivity index (χ1n) is 10.1. The predicted octanol–water partition coefficient (Wildman–Crippen LogP) is 2.02. The number of ether oxygens (including phenoxy) is 1. The maximum Gasteiger partial charge on any atom is 0.243 e. The fourth-order valence-corrected chi connectivity index (χ4v) is 5.10. The fraction of sp³-hybridized carbons (Fsp3) is 0.500. The molecule has 2 aliphatic heterocycles. The van der Waals surface area contributed by atoms with E-state index in [1.807, 2.05) is 13.8 Å². The monoisotopic (exact) mass is 435 g/mol. The fourth-order valence-electron chi connectivity index (χ4n) is 3.66. The Labute approximate surface area is 176 Å². The molecule has 0 bridgehead atoms. The summed E-state index contributed by atoms with van der Waals surface area (Å²) in [7, 11) is -3.82. The van der Waals surface area contributed by atoms with Crippen molar-refractivity contribution in [2.45, 2.75) is 37.8 Å². The highest BCUT2D eigenvalue weighted by molar-refractivity contribution is 7.89. The smallest absolute Gasteiger partial charge is 0.243 e. The van der Waals surface area contributed by atoms with Gasteiger partial charge in [-0.1, -0.05) is 6.07 Å². The molecule has 1 fully saturated rings. The third kappa shape index (κ3) is 4.26. The number of nitrogens with one attached hydrogen (secondary N) is 1. The molecule has 1 saturated heterocycles. The first-order chi connectivity index (χ1) is 14.3. The molecule has 0 aliphatic carbocycles. The highest BCUT2D eigenvalue weighted by atomic mass is 32.2. The number of benzene rings is 1. The number of anilines is 2. The van der Waals surface area contributed by atoms with E-state index in [-0.39, 0.29) is 24.0 Å². The van der Waals surface area contributed by atoms with E-state index in [0.29, 0.717) is 31.4 Å². The molecule has 0 radical (unpaired) electrons. The lowest BCUT2D eigenvalue weighted by Gasteiger charge is -2.32. The molecule has 0 atom stereocenters. The van der Waals surface area contributed by atoms with E-state index < -0.39 is 15.8 Å². The number of morpholine rings is 1. The van der Waals surface area contributed by atoms with Crippen molar-refractivity contribution in [2.24, 2.45) is 0 Å². The Bertz CT molecular complexity index is 1030. The van der Waals surface area contributed by atoms with Gasteiger partial charge < -0.3 is 15.0 Å². The molecule has 0 unspecified atom stereocenters. The van der Waals surface area contributed by atoms with Crippen LogP contribution in [0.3, 0.4) is 0 Å². The summed E-state index contributed by atoms with van der Waals surface area (Å²) in [5.41, 5.74) is 1.62. The average molecular weight is 436 g/mol. The van der Waals surface area contributed by atoms with E-state index in [9.17, 15) is 12.8 Å². The summed E-state index contributed by atoms with van der Waals surface area (Å²) in [5.74, 6) is 0.714. The molecule has 30 heavy (non-hydrogen) atoms. The molecule has 8 nitrogen and oxygen atoms in total. The van der Waals surface area contributed by atoms with Gasteiger partial charge in [0, 0.05) is 44.2 Å². The molecular weight excluding hydrogens is 409 g/mol. The number of nitrogens with zero attached hydrogens (tertiary/aromatic N) is 4. The van der Waals surface area contributed by atoms with E-state index in [2.05, 4.69) is 10.2 Å². The van der Waals surface area contributed by atoms with Gasteiger partial charge in [-0.25, -0.2) is 17.8 Å². The molecule has 0 spiro atoms. The Balaban J connectivity index is 1.68. The normalized spacial score (nSPS) is 17.8. The Morgan fingerprint density at radius 2 is 1.93 bits per heavy atom. The zero-order valence-electron chi connectivity index (χ0n) is 17.1. The summed E-state index contributed by atoms with van der Waals surface area (Å²) in [4.78, 5) is 11.5. The van der Waals surface area contributed by atoms with Crippen LogP contribution >= 0.6 is 0 Å². The summed E-state index contributed by atoms with van der Waals surface area (Å²) >= 11 is 0. The van der Waals surface area contributed by atoms with E-state index in [4.69, 9.17) is 14.7 Å². The molecule has 1 aromatic heterocycles. The molecule has 4 rings (SSSR count). The minimum absolute atomic E-state index is 0.0461. The standard InChI is InChI=1S/C20H26FN5O3S/c1-14(2)22-19-17-13-26(30(27,28)16-5-3-4-15(21)12-16)7-6-18(17)23-20(24-19)25-8-10-29-11-9-25/h3-5,12,14H,6-11,13H2,1-2H3,(H,22,23,24). The van der Waals surface area contributed by atoms with E-state index in [0.717, 1.165) is 30.4 Å². The number of hydrogen-bond donors (Lipinski definition) is 1. The van der Waals surface area contributed by atoms with Gasteiger partial charge in [-0.2, -0.15) is 9.29 Å². The van der Waals surface area contributed by atoms with E-state index >= 15 is 0 Å². The quantitative estimate of drug-likeness (QED) is 0.769. The summed E-state index contributed by atoms with van der Waals surface area (Å²) in [6, 6.07) is 5.23. The van der Waals surface area contributed by atoms with Crippen LogP contribution in [0.5, 0.6) is 0 Å². The van der Waals surface area contributed by atoms with Gasteiger partial charge in [0.25, 0.3) is 0 Å². The zero-order chi connectivity index (χ0) is 21.3. The van der Waals surface area contributed by atoms with Gasteiger partial charge >= 0.3 is 0 Å². The number of sulfonamides is 1. The molecule has 1 aromatic carbocycles. The minimum atomic E-state index is -3.82. The molecule has 2 aromatic rings. The molecule has 10 heteroatoms. The number of rotatable bonds is 5. The van der Waals surface area contributed by atoms with Gasteiger partial charge in [0.15, 0.2) is 0 Å². The summed E-state index contributed by atoms with van der Waals surface area (Å²) < 4.78 is 46.5. The summed E-state index contributed by atoms with van der Waals surface area (Å²) in [6.07, 6.45) is 0.469. The highest BCUT2D eigenvalue weighted by Gasteiger charge is 2.32. The van der Waals surface area contributed by atoms with Gasteiger partial charge in [-0.15, -0.1) is 0 Å². The van der Waals surface area contributed by atoms with Crippen molar-refractivity contribution in [2.75, 3.05) is 43.1 Å². The predicted molar refractivity (Wildman–Crippen MR) is 112 cm³/mol. The second-order valence-electron chi connectivity index (χ2n) is 7.74. The number of halogens is 1. The molecule has 1 N–H and O–H groups in total. The highest BCUT2D eigenvalue weighted by Crippen LogP contribution is 2.30. The maximum absolute atomic E-state index is 13.6. The van der Waals surface area contributed by atoms with E-state index in [1.165, 1.54) is 22.5 Å². The van der Waals surface area contributed by atoms with Crippen LogP contribution in [0, 0.1) is 5.82 Å². The number of fused-ring (bicyclic) bond motifs is 1. The molecular formula is C20H26FN5O3S. The van der Waals surface area contributed by atoms with Crippen LogP contribution in [0.4, 0.5) is 16.2 Å². The minimum Gasteiger partial charge on any atom is -0.378 e. The van der Waals surface area contributed by atoms with Crippen molar-refractivity contribution in [3.05, 3.63) is 41.3 Å². The summed E-state index contributed by atoms with van der Waals surface area (Å²) in [6.45, 7) is 7.15. The van der Waals surface area contributed by atoms with Crippen molar-refractivity contribution >= 4 is 21.8 Å². The first-order valence-corrected chi connectivity index (χ1v) is 11.5. The van der Waals surface area contributed by atoms with Crippen LogP contribution in [0.2, 0.25) is 0 Å². The van der Waals surface area contributed by atoms with Crippen molar-refractivity contribution in [1.82, 2.24) is 14.3 Å². The Morgan fingerprint density at radius 3 is 2.63 bits per heavy atom. The SMILES string of the molecule is CC(C)Nc1nc(N2CCOCC2)nc2c1CN(S(=O)(=O)c1cccc(F)c1)CC2. The van der Waals surface area contributed by atoms with Crippen LogP contribution in [0.1, 0.15) is 25.1 Å². The third-order valence-electron chi connectivity index (χ3n) is 5.17. The molecule has 0 saturated carbocycles. The lowest BCUT2D eigenvalue weighted by Crippen LogP contribution is -2.40. The van der Waals surface area contributed by atoms with Crippen LogP contribution < -0.4 is 10.2 Å².